The van der Waals surface area contributed by atoms with Crippen LogP contribution in [0, 0.1) is 0 Å². The molecule has 4 heteroatoms. The molecule has 3 N–H and O–H groups in total. The topological polar surface area (TPSA) is 58.4 Å². The van der Waals surface area contributed by atoms with Crippen molar-refractivity contribution in [3.05, 3.63) is 24.3 Å². The van der Waals surface area contributed by atoms with E-state index in [-0.39, 0.29) is 5.91 Å². The fourth-order valence-corrected chi connectivity index (χ4v) is 1.67. The number of nitrogens with two attached hydrogens (primary N) is 1. The summed E-state index contributed by atoms with van der Waals surface area (Å²) in [5.41, 5.74) is 7.04. The molecule has 0 radical (unpaired) electrons. The fourth-order valence-electron chi connectivity index (χ4n) is 1.67. The summed E-state index contributed by atoms with van der Waals surface area (Å²) in [4.78, 5) is 13.9. The number of hydrogen-bond acceptors (Lipinski definition) is 3. The summed E-state index contributed by atoms with van der Waals surface area (Å²) < 4.78 is 0. The number of para-hydroxylation sites is 2. The third-order valence-corrected chi connectivity index (χ3v) is 2.59. The Balaban J connectivity index is 2.52. The first-order chi connectivity index (χ1) is 8.17. The molecule has 0 saturated carbocycles. The monoisotopic (exact) mass is 235 g/mol. The van der Waals surface area contributed by atoms with Crippen molar-refractivity contribution in [2.45, 2.75) is 20.3 Å². The van der Waals surface area contributed by atoms with Crippen molar-refractivity contribution in [3.8, 4) is 0 Å². The molecule has 0 atom stereocenters. The van der Waals surface area contributed by atoms with E-state index < -0.39 is 0 Å². The van der Waals surface area contributed by atoms with Gasteiger partial charge in [-0.15, -0.1) is 0 Å². The number of likely N-dealkylation sites (N-methyl/N-ethyl adjacent to an activating group) is 1. The molecule has 1 aromatic rings. The van der Waals surface area contributed by atoms with Crippen LogP contribution in [0.3, 0.4) is 0 Å². The third kappa shape index (κ3) is 4.44. The number of hydrogen-bond donors (Lipinski definition) is 2. The molecule has 0 spiro atoms. The first-order valence-electron chi connectivity index (χ1n) is 6.04. The summed E-state index contributed by atoms with van der Waals surface area (Å²) in [6.07, 6.45) is 1.05. The minimum atomic E-state index is -0.0156. The second-order valence-corrected chi connectivity index (χ2v) is 4.00. The minimum absolute atomic E-state index is 0.0156. The first kappa shape index (κ1) is 13.5. The molecule has 0 aliphatic rings. The summed E-state index contributed by atoms with van der Waals surface area (Å²) in [7, 11) is 0. The van der Waals surface area contributed by atoms with Gasteiger partial charge >= 0.3 is 0 Å². The number of anilines is 2. The average molecular weight is 235 g/mol. The van der Waals surface area contributed by atoms with Gasteiger partial charge in [-0.2, -0.15) is 0 Å². The Labute approximate surface area is 103 Å². The number of amides is 1. The molecule has 94 valence electrons. The van der Waals surface area contributed by atoms with Crippen molar-refractivity contribution < 1.29 is 4.79 Å². The van der Waals surface area contributed by atoms with Crippen LogP contribution in [0.1, 0.15) is 20.3 Å². The molecule has 0 aliphatic heterocycles. The van der Waals surface area contributed by atoms with Crippen molar-refractivity contribution in [2.24, 2.45) is 0 Å². The van der Waals surface area contributed by atoms with Gasteiger partial charge in [0.25, 0.3) is 0 Å². The van der Waals surface area contributed by atoms with Gasteiger partial charge in [0.2, 0.25) is 5.91 Å². The Morgan fingerprint density at radius 3 is 2.65 bits per heavy atom. The maximum absolute atomic E-state index is 11.8. The molecule has 0 unspecified atom stereocenters. The van der Waals surface area contributed by atoms with Crippen LogP contribution in [0.25, 0.3) is 0 Å². The molecule has 4 nitrogen and oxygen atoms in total. The lowest BCUT2D eigenvalue weighted by atomic mass is 10.2. The zero-order valence-electron chi connectivity index (χ0n) is 10.6. The summed E-state index contributed by atoms with van der Waals surface area (Å²) >= 11 is 0. The van der Waals surface area contributed by atoms with Gasteiger partial charge in [0.1, 0.15) is 0 Å². The van der Waals surface area contributed by atoms with Gasteiger partial charge in [-0.05, 0) is 31.6 Å². The van der Waals surface area contributed by atoms with Crippen LogP contribution in [-0.2, 0) is 4.79 Å². The van der Waals surface area contributed by atoms with E-state index in [4.69, 9.17) is 5.73 Å². The highest BCUT2D eigenvalue weighted by Crippen LogP contribution is 2.16. The van der Waals surface area contributed by atoms with Crippen molar-refractivity contribution >= 4 is 17.3 Å². The molecular formula is C13H21N3O. The van der Waals surface area contributed by atoms with E-state index in [0.717, 1.165) is 19.5 Å². The summed E-state index contributed by atoms with van der Waals surface area (Å²) in [6.45, 7) is 6.40. The van der Waals surface area contributed by atoms with Gasteiger partial charge in [0.05, 0.1) is 17.9 Å². The maximum atomic E-state index is 11.8. The van der Waals surface area contributed by atoms with Crippen LogP contribution in [-0.4, -0.2) is 30.4 Å². The van der Waals surface area contributed by atoms with E-state index in [1.807, 2.05) is 18.2 Å². The Morgan fingerprint density at radius 2 is 2.06 bits per heavy atom. The second-order valence-electron chi connectivity index (χ2n) is 4.00. The van der Waals surface area contributed by atoms with Crippen molar-refractivity contribution in [3.63, 3.8) is 0 Å². The Bertz CT molecular complexity index is 365. The van der Waals surface area contributed by atoms with Crippen LogP contribution < -0.4 is 11.1 Å². The van der Waals surface area contributed by atoms with Gasteiger partial charge < -0.3 is 11.1 Å². The Kier molecular flexibility index (Phi) is 5.49. The predicted molar refractivity (Wildman–Crippen MR) is 71.9 cm³/mol. The first-order valence-corrected chi connectivity index (χ1v) is 6.04. The van der Waals surface area contributed by atoms with Crippen LogP contribution in [0.5, 0.6) is 0 Å². The molecule has 1 rings (SSSR count). The van der Waals surface area contributed by atoms with Crippen LogP contribution >= 0.6 is 0 Å². The Morgan fingerprint density at radius 1 is 1.35 bits per heavy atom. The molecule has 0 aromatic heterocycles. The molecule has 0 bridgehead atoms. The zero-order valence-corrected chi connectivity index (χ0v) is 10.6. The lowest BCUT2D eigenvalue weighted by Crippen LogP contribution is -2.33. The third-order valence-electron chi connectivity index (χ3n) is 2.59. The highest BCUT2D eigenvalue weighted by Gasteiger charge is 2.09. The maximum Gasteiger partial charge on any atom is 0.238 e. The van der Waals surface area contributed by atoms with E-state index >= 15 is 0 Å². The van der Waals surface area contributed by atoms with E-state index in [1.165, 1.54) is 0 Å². The van der Waals surface area contributed by atoms with Gasteiger partial charge in [-0.25, -0.2) is 0 Å². The molecule has 0 heterocycles. The smallest absolute Gasteiger partial charge is 0.238 e. The van der Waals surface area contributed by atoms with Gasteiger partial charge in [-0.3, -0.25) is 9.69 Å². The number of nitrogen functional groups attached to an aromatic ring is 1. The summed E-state index contributed by atoms with van der Waals surface area (Å²) in [6, 6.07) is 7.29. The second kappa shape index (κ2) is 6.91. The summed E-state index contributed by atoms with van der Waals surface area (Å²) in [5.74, 6) is -0.0156. The number of benzene rings is 1. The molecule has 1 aromatic carbocycles. The highest BCUT2D eigenvalue weighted by atomic mass is 16.2. The van der Waals surface area contributed by atoms with Crippen LogP contribution in [0.4, 0.5) is 11.4 Å². The standard InChI is InChI=1S/C13H21N3O/c1-3-9-16(4-2)10-13(17)15-12-8-6-5-7-11(12)14/h5-8H,3-4,9-10,14H2,1-2H3,(H,15,17). The molecule has 17 heavy (non-hydrogen) atoms. The van der Waals surface area contributed by atoms with E-state index in [1.54, 1.807) is 6.07 Å². The van der Waals surface area contributed by atoms with Gasteiger partial charge in [0.15, 0.2) is 0 Å². The molecular weight excluding hydrogens is 214 g/mol. The van der Waals surface area contributed by atoms with Crippen molar-refractivity contribution in [1.29, 1.82) is 0 Å². The average Bonchev–Trinajstić information content (AvgIpc) is 2.31. The quantitative estimate of drug-likeness (QED) is 0.741. The van der Waals surface area contributed by atoms with Gasteiger partial charge in [-0.1, -0.05) is 26.0 Å². The summed E-state index contributed by atoms with van der Waals surface area (Å²) in [5, 5.41) is 2.83. The lowest BCUT2D eigenvalue weighted by Gasteiger charge is -2.19. The molecule has 0 aliphatic carbocycles. The number of nitrogens with zero attached hydrogens (tertiary/aromatic N) is 1. The molecule has 1 amide bonds. The predicted octanol–water partition coefficient (Wildman–Crippen LogP) is 1.94. The molecule has 0 saturated heterocycles. The minimum Gasteiger partial charge on any atom is -0.397 e. The SMILES string of the molecule is CCCN(CC)CC(=O)Nc1ccccc1N. The highest BCUT2D eigenvalue weighted by molar-refractivity contribution is 5.95. The van der Waals surface area contributed by atoms with E-state index in [0.29, 0.717) is 17.9 Å². The zero-order chi connectivity index (χ0) is 12.7. The van der Waals surface area contributed by atoms with Crippen molar-refractivity contribution in [2.75, 3.05) is 30.7 Å². The molecule has 0 fully saturated rings. The van der Waals surface area contributed by atoms with Gasteiger partial charge in [0, 0.05) is 0 Å². The van der Waals surface area contributed by atoms with E-state index in [9.17, 15) is 4.79 Å². The largest absolute Gasteiger partial charge is 0.397 e. The number of carbonyl (C=O) groups is 1. The Hall–Kier alpha value is -1.55. The van der Waals surface area contributed by atoms with E-state index in [2.05, 4.69) is 24.1 Å². The van der Waals surface area contributed by atoms with Crippen LogP contribution in [0.15, 0.2) is 24.3 Å². The van der Waals surface area contributed by atoms with Crippen LogP contribution in [0.2, 0.25) is 0 Å². The number of carbonyl (C=O) groups excluding carboxylic acids is 1. The fraction of sp³-hybridized carbons (Fsp3) is 0.462. The number of nitrogens with one attached hydrogen (secondary N) is 1. The van der Waals surface area contributed by atoms with Crippen molar-refractivity contribution in [1.82, 2.24) is 4.90 Å². The number of rotatable bonds is 6. The normalized spacial score (nSPS) is 10.5. The lowest BCUT2D eigenvalue weighted by molar-refractivity contribution is -0.117.